The summed E-state index contributed by atoms with van der Waals surface area (Å²) in [6.07, 6.45) is 5.40. The quantitative estimate of drug-likeness (QED) is 0.834. The van der Waals surface area contributed by atoms with Gasteiger partial charge in [-0.3, -0.25) is 0 Å². The van der Waals surface area contributed by atoms with Crippen molar-refractivity contribution in [2.75, 3.05) is 0 Å². The van der Waals surface area contributed by atoms with Crippen LogP contribution in [0.1, 0.15) is 31.2 Å². The van der Waals surface area contributed by atoms with Crippen molar-refractivity contribution in [3.8, 4) is 0 Å². The summed E-state index contributed by atoms with van der Waals surface area (Å²) in [6.45, 7) is 0. The molecule has 2 rings (SSSR count). The number of halogens is 1. The number of hydrogen-bond donors (Lipinski definition) is 1. The second kappa shape index (κ2) is 5.00. The van der Waals surface area contributed by atoms with Gasteiger partial charge in [0.2, 0.25) is 0 Å². The lowest BCUT2D eigenvalue weighted by Crippen LogP contribution is -2.13. The molecule has 0 amide bonds. The van der Waals surface area contributed by atoms with E-state index in [1.165, 1.54) is 18.4 Å². The molecule has 1 N–H and O–H groups in total. The molecule has 0 saturated heterocycles. The molecule has 1 aromatic carbocycles. The highest BCUT2D eigenvalue weighted by molar-refractivity contribution is 6.30. The Balaban J connectivity index is 1.87. The average Bonchev–Trinajstić information content (AvgIpc) is 2.61. The van der Waals surface area contributed by atoms with Crippen molar-refractivity contribution in [2.24, 2.45) is 5.92 Å². The Kier molecular flexibility index (Phi) is 3.66. The lowest BCUT2D eigenvalue weighted by atomic mass is 9.97. The van der Waals surface area contributed by atoms with Gasteiger partial charge in [0.25, 0.3) is 0 Å². The van der Waals surface area contributed by atoms with Crippen LogP contribution >= 0.6 is 11.6 Å². The van der Waals surface area contributed by atoms with Gasteiger partial charge < -0.3 is 5.11 Å². The number of aryl methyl sites for hydroxylation is 1. The smallest absolute Gasteiger partial charge is 0.0568 e. The molecule has 0 bridgehead atoms. The van der Waals surface area contributed by atoms with E-state index in [4.69, 9.17) is 11.6 Å². The highest BCUT2D eigenvalue weighted by atomic mass is 35.5. The predicted octanol–water partition coefficient (Wildman–Crippen LogP) is 3.43. The van der Waals surface area contributed by atoms with E-state index in [1.807, 2.05) is 18.2 Å². The number of rotatable bonds is 3. The van der Waals surface area contributed by atoms with Gasteiger partial charge in [-0.1, -0.05) is 30.2 Å². The number of benzene rings is 1. The SMILES string of the molecule is OC1CCCC1CCc1cccc(Cl)c1. The Morgan fingerprint density at radius 1 is 1.33 bits per heavy atom. The molecule has 2 heteroatoms. The van der Waals surface area contributed by atoms with Crippen LogP contribution in [0.3, 0.4) is 0 Å². The van der Waals surface area contributed by atoms with Gasteiger partial charge in [-0.2, -0.15) is 0 Å². The molecule has 1 saturated carbocycles. The first-order valence-corrected chi connectivity index (χ1v) is 6.06. The van der Waals surface area contributed by atoms with Gasteiger partial charge in [-0.25, -0.2) is 0 Å². The lowest BCUT2D eigenvalue weighted by Gasteiger charge is -2.13. The summed E-state index contributed by atoms with van der Waals surface area (Å²) in [5, 5.41) is 10.5. The largest absolute Gasteiger partial charge is 0.393 e. The maximum absolute atomic E-state index is 9.70. The van der Waals surface area contributed by atoms with Crippen LogP contribution in [-0.4, -0.2) is 11.2 Å². The third-order valence-electron chi connectivity index (χ3n) is 3.31. The fraction of sp³-hybridized carbons (Fsp3) is 0.538. The fourth-order valence-corrected chi connectivity index (χ4v) is 2.61. The van der Waals surface area contributed by atoms with Crippen LogP contribution in [0, 0.1) is 5.92 Å². The van der Waals surface area contributed by atoms with Gasteiger partial charge in [0, 0.05) is 5.02 Å². The third-order valence-corrected chi connectivity index (χ3v) is 3.55. The van der Waals surface area contributed by atoms with Crippen molar-refractivity contribution >= 4 is 11.6 Å². The Morgan fingerprint density at radius 2 is 2.20 bits per heavy atom. The molecule has 15 heavy (non-hydrogen) atoms. The highest BCUT2D eigenvalue weighted by Gasteiger charge is 2.24. The molecule has 1 aromatic rings. The van der Waals surface area contributed by atoms with Crippen LogP contribution in [0.2, 0.25) is 5.02 Å². The molecule has 0 aromatic heterocycles. The minimum absolute atomic E-state index is 0.0656. The van der Waals surface area contributed by atoms with Crippen LogP contribution in [0.5, 0.6) is 0 Å². The zero-order chi connectivity index (χ0) is 10.7. The standard InChI is InChI=1S/C13H17ClO/c14-12-5-1-3-10(9-12)7-8-11-4-2-6-13(11)15/h1,3,5,9,11,13,15H,2,4,6-8H2. The highest BCUT2D eigenvalue weighted by Crippen LogP contribution is 2.29. The molecule has 82 valence electrons. The second-order valence-corrected chi connectivity index (χ2v) is 4.86. The third kappa shape index (κ3) is 2.96. The van der Waals surface area contributed by atoms with Crippen LogP contribution in [0.15, 0.2) is 24.3 Å². The van der Waals surface area contributed by atoms with E-state index in [0.29, 0.717) is 5.92 Å². The normalized spacial score (nSPS) is 25.7. The monoisotopic (exact) mass is 224 g/mol. The first-order chi connectivity index (χ1) is 7.25. The van der Waals surface area contributed by atoms with Crippen LogP contribution in [-0.2, 0) is 6.42 Å². The van der Waals surface area contributed by atoms with Crippen molar-refractivity contribution < 1.29 is 5.11 Å². The Bertz CT molecular complexity index is 324. The molecule has 0 heterocycles. The van der Waals surface area contributed by atoms with E-state index in [0.717, 1.165) is 24.3 Å². The lowest BCUT2D eigenvalue weighted by molar-refractivity contribution is 0.128. The van der Waals surface area contributed by atoms with E-state index >= 15 is 0 Å². The molecule has 1 aliphatic rings. The fourth-order valence-electron chi connectivity index (χ4n) is 2.40. The first kappa shape index (κ1) is 11.0. The summed E-state index contributed by atoms with van der Waals surface area (Å²) < 4.78 is 0. The number of aliphatic hydroxyl groups is 1. The number of aliphatic hydroxyl groups excluding tert-OH is 1. The van der Waals surface area contributed by atoms with E-state index in [-0.39, 0.29) is 6.10 Å². The van der Waals surface area contributed by atoms with Gasteiger partial charge in [0.05, 0.1) is 6.10 Å². The summed E-state index contributed by atoms with van der Waals surface area (Å²) in [4.78, 5) is 0. The molecule has 2 atom stereocenters. The van der Waals surface area contributed by atoms with Crippen molar-refractivity contribution in [1.82, 2.24) is 0 Å². The van der Waals surface area contributed by atoms with E-state index in [2.05, 4.69) is 6.07 Å². The van der Waals surface area contributed by atoms with Gasteiger partial charge in [-0.05, 0) is 49.3 Å². The van der Waals surface area contributed by atoms with Crippen LogP contribution in [0.4, 0.5) is 0 Å². The van der Waals surface area contributed by atoms with Gasteiger partial charge in [-0.15, -0.1) is 0 Å². The topological polar surface area (TPSA) is 20.2 Å². The van der Waals surface area contributed by atoms with E-state index < -0.39 is 0 Å². The summed E-state index contributed by atoms with van der Waals surface area (Å²) in [5.74, 6) is 0.504. The Labute approximate surface area is 96.1 Å². The summed E-state index contributed by atoms with van der Waals surface area (Å²) >= 11 is 5.92. The van der Waals surface area contributed by atoms with Gasteiger partial charge >= 0.3 is 0 Å². The van der Waals surface area contributed by atoms with Crippen molar-refractivity contribution in [2.45, 2.75) is 38.2 Å². The molecular formula is C13H17ClO. The maximum atomic E-state index is 9.70. The van der Waals surface area contributed by atoms with Crippen molar-refractivity contribution in [1.29, 1.82) is 0 Å². The molecule has 1 aliphatic carbocycles. The number of hydrogen-bond acceptors (Lipinski definition) is 1. The minimum atomic E-state index is -0.0656. The van der Waals surface area contributed by atoms with E-state index in [9.17, 15) is 5.11 Å². The maximum Gasteiger partial charge on any atom is 0.0568 e. The molecule has 2 unspecified atom stereocenters. The van der Waals surface area contributed by atoms with Gasteiger partial charge in [0.15, 0.2) is 0 Å². The Hall–Kier alpha value is -0.530. The van der Waals surface area contributed by atoms with Crippen LogP contribution in [0.25, 0.3) is 0 Å². The Morgan fingerprint density at radius 3 is 2.87 bits per heavy atom. The van der Waals surface area contributed by atoms with Crippen molar-refractivity contribution in [3.63, 3.8) is 0 Å². The zero-order valence-corrected chi connectivity index (χ0v) is 9.58. The zero-order valence-electron chi connectivity index (χ0n) is 8.82. The van der Waals surface area contributed by atoms with E-state index in [1.54, 1.807) is 0 Å². The van der Waals surface area contributed by atoms with Gasteiger partial charge in [0.1, 0.15) is 0 Å². The molecule has 0 aliphatic heterocycles. The summed E-state index contributed by atoms with van der Waals surface area (Å²) in [6, 6.07) is 8.01. The predicted molar refractivity (Wildman–Crippen MR) is 63.1 cm³/mol. The van der Waals surface area contributed by atoms with Crippen LogP contribution < -0.4 is 0 Å². The summed E-state index contributed by atoms with van der Waals surface area (Å²) in [5.41, 5.74) is 1.28. The average molecular weight is 225 g/mol. The molecule has 0 spiro atoms. The summed E-state index contributed by atoms with van der Waals surface area (Å²) in [7, 11) is 0. The first-order valence-electron chi connectivity index (χ1n) is 5.68. The second-order valence-electron chi connectivity index (χ2n) is 4.43. The molecule has 1 fully saturated rings. The molecule has 0 radical (unpaired) electrons. The molecular weight excluding hydrogens is 208 g/mol. The molecule has 1 nitrogen and oxygen atoms in total. The van der Waals surface area contributed by atoms with Crippen molar-refractivity contribution in [3.05, 3.63) is 34.9 Å². The minimum Gasteiger partial charge on any atom is -0.393 e.